The molecule has 0 radical (unpaired) electrons. The van der Waals surface area contributed by atoms with Gasteiger partial charge >= 0.3 is 0 Å². The lowest BCUT2D eigenvalue weighted by Crippen LogP contribution is -2.36. The number of anilines is 2. The van der Waals surface area contributed by atoms with Crippen molar-refractivity contribution >= 4 is 33.2 Å². The second kappa shape index (κ2) is 11.5. The number of nitrogens with one attached hydrogen (secondary N) is 2. The fraction of sp³-hybridized carbons (Fsp3) is 0.462. The molecule has 0 spiro atoms. The maximum absolute atomic E-state index is 12.8. The summed E-state index contributed by atoms with van der Waals surface area (Å²) in [5.74, 6) is -0.438. The average molecular weight is 486 g/mol. The quantitative estimate of drug-likeness (QED) is 0.545. The molecule has 7 nitrogen and oxygen atoms in total. The van der Waals surface area contributed by atoms with Crippen LogP contribution < -0.4 is 14.9 Å². The predicted octanol–water partition coefficient (Wildman–Crippen LogP) is 4.55. The van der Waals surface area contributed by atoms with Crippen molar-refractivity contribution in [3.05, 3.63) is 59.2 Å². The molecule has 34 heavy (non-hydrogen) atoms. The Balaban J connectivity index is 1.60. The third kappa shape index (κ3) is 7.06. The molecular weight excluding hydrogens is 450 g/mol. The van der Waals surface area contributed by atoms with Gasteiger partial charge in [-0.15, -0.1) is 0 Å². The molecule has 1 aliphatic rings. The van der Waals surface area contributed by atoms with E-state index in [1.54, 1.807) is 30.3 Å². The van der Waals surface area contributed by atoms with Crippen molar-refractivity contribution < 1.29 is 18.0 Å². The summed E-state index contributed by atoms with van der Waals surface area (Å²) in [4.78, 5) is 25.4. The van der Waals surface area contributed by atoms with E-state index in [-0.39, 0.29) is 30.8 Å². The van der Waals surface area contributed by atoms with Crippen molar-refractivity contribution in [3.63, 3.8) is 0 Å². The lowest BCUT2D eigenvalue weighted by atomic mass is 9.95. The van der Waals surface area contributed by atoms with Crippen LogP contribution in [0.3, 0.4) is 0 Å². The zero-order valence-electron chi connectivity index (χ0n) is 20.3. The first-order valence-electron chi connectivity index (χ1n) is 11.9. The van der Waals surface area contributed by atoms with Gasteiger partial charge in [0.25, 0.3) is 5.91 Å². The normalized spacial score (nSPS) is 14.4. The first kappa shape index (κ1) is 25.7. The molecule has 2 aromatic carbocycles. The molecule has 3 rings (SSSR count). The van der Waals surface area contributed by atoms with Crippen molar-refractivity contribution in [2.45, 2.75) is 64.8 Å². The minimum atomic E-state index is -3.49. The summed E-state index contributed by atoms with van der Waals surface area (Å²) in [6, 6.07) is 12.7. The minimum absolute atomic E-state index is 0.134. The fourth-order valence-electron chi connectivity index (χ4n) is 4.26. The first-order chi connectivity index (χ1) is 16.1. The van der Waals surface area contributed by atoms with Gasteiger partial charge in [-0.05, 0) is 68.5 Å². The summed E-state index contributed by atoms with van der Waals surface area (Å²) < 4.78 is 26.0. The van der Waals surface area contributed by atoms with E-state index in [4.69, 9.17) is 0 Å². The molecule has 2 amide bonds. The highest BCUT2D eigenvalue weighted by Crippen LogP contribution is 2.23. The van der Waals surface area contributed by atoms with E-state index in [0.717, 1.165) is 36.8 Å². The highest BCUT2D eigenvalue weighted by molar-refractivity contribution is 7.92. The van der Waals surface area contributed by atoms with Gasteiger partial charge in [0.1, 0.15) is 0 Å². The summed E-state index contributed by atoms with van der Waals surface area (Å²) in [7, 11) is -3.49. The number of carbonyl (C=O) groups excluding carboxylic acids is 2. The summed E-state index contributed by atoms with van der Waals surface area (Å²) >= 11 is 0. The second-order valence-electron chi connectivity index (χ2n) is 9.11. The lowest BCUT2D eigenvalue weighted by Gasteiger charge is -2.23. The van der Waals surface area contributed by atoms with Gasteiger partial charge in [-0.2, -0.15) is 0 Å². The van der Waals surface area contributed by atoms with Gasteiger partial charge in [-0.3, -0.25) is 13.9 Å². The van der Waals surface area contributed by atoms with Crippen molar-refractivity contribution in [2.24, 2.45) is 0 Å². The molecule has 1 fully saturated rings. The van der Waals surface area contributed by atoms with E-state index in [2.05, 4.69) is 10.6 Å². The van der Waals surface area contributed by atoms with Gasteiger partial charge in [0.2, 0.25) is 15.9 Å². The molecular formula is C26H35N3O4S. The minimum Gasteiger partial charge on any atom is -0.349 e. The molecule has 184 valence electrons. The monoisotopic (exact) mass is 485 g/mol. The van der Waals surface area contributed by atoms with Gasteiger partial charge in [-0.25, -0.2) is 8.42 Å². The number of rotatable bonds is 9. The van der Waals surface area contributed by atoms with Gasteiger partial charge in [-0.1, -0.05) is 37.5 Å². The Kier molecular flexibility index (Phi) is 8.72. The van der Waals surface area contributed by atoms with Crippen LogP contribution in [0.5, 0.6) is 0 Å². The number of hydrogen-bond donors (Lipinski definition) is 2. The Labute approximate surface area is 203 Å². The number of nitrogens with zero attached hydrogens (tertiary/aromatic N) is 1. The molecule has 0 aliphatic heterocycles. The van der Waals surface area contributed by atoms with Crippen LogP contribution in [-0.4, -0.2) is 39.1 Å². The molecule has 2 N–H and O–H groups in total. The molecule has 0 unspecified atom stereocenters. The number of sulfonamides is 1. The second-order valence-corrected chi connectivity index (χ2v) is 11.0. The van der Waals surface area contributed by atoms with Gasteiger partial charge < -0.3 is 10.6 Å². The van der Waals surface area contributed by atoms with E-state index >= 15 is 0 Å². The zero-order chi connectivity index (χ0) is 24.7. The topological polar surface area (TPSA) is 95.6 Å². The third-order valence-corrected chi connectivity index (χ3v) is 7.52. The van der Waals surface area contributed by atoms with Crippen molar-refractivity contribution in [1.82, 2.24) is 5.32 Å². The van der Waals surface area contributed by atoms with Crippen LogP contribution in [0.4, 0.5) is 11.4 Å². The van der Waals surface area contributed by atoms with E-state index in [1.165, 1.54) is 17.0 Å². The van der Waals surface area contributed by atoms with Crippen molar-refractivity contribution in [1.29, 1.82) is 0 Å². The Morgan fingerprint density at radius 3 is 2.38 bits per heavy atom. The van der Waals surface area contributed by atoms with Gasteiger partial charge in [0, 0.05) is 19.0 Å². The molecule has 1 saturated carbocycles. The summed E-state index contributed by atoms with van der Waals surface area (Å²) in [6.07, 6.45) is 7.07. The Bertz CT molecular complexity index is 1120. The van der Waals surface area contributed by atoms with Crippen LogP contribution in [0.2, 0.25) is 0 Å². The first-order valence-corrected chi connectivity index (χ1v) is 13.7. The number of amides is 2. The summed E-state index contributed by atoms with van der Waals surface area (Å²) in [6.45, 7) is 4.11. The highest BCUT2D eigenvalue weighted by Gasteiger charge is 2.20. The molecule has 8 heteroatoms. The van der Waals surface area contributed by atoms with Crippen molar-refractivity contribution in [2.75, 3.05) is 22.4 Å². The van der Waals surface area contributed by atoms with Gasteiger partial charge in [0.15, 0.2) is 0 Å². The maximum Gasteiger partial charge on any atom is 0.253 e. The lowest BCUT2D eigenvalue weighted by molar-refractivity contribution is -0.116. The van der Waals surface area contributed by atoms with E-state index in [1.807, 2.05) is 26.0 Å². The number of para-hydroxylation sites is 1. The molecule has 0 aromatic heterocycles. The number of hydrogen-bond acceptors (Lipinski definition) is 4. The van der Waals surface area contributed by atoms with Crippen LogP contribution in [0, 0.1) is 13.8 Å². The Morgan fingerprint density at radius 1 is 1.00 bits per heavy atom. The van der Waals surface area contributed by atoms with Crippen LogP contribution >= 0.6 is 0 Å². The SMILES string of the molecule is Cc1ccc(N(CCCC(=O)Nc2ccccc2C(=O)NC2CCCCC2)S(C)(=O)=O)cc1C. The standard InChI is InChI=1S/C26H35N3O4S/c1-19-15-16-22(18-20(19)2)29(34(3,32)33)17-9-14-25(30)28-24-13-8-7-12-23(24)26(31)27-21-10-5-4-6-11-21/h7-8,12-13,15-16,18,21H,4-6,9-11,14,17H2,1-3H3,(H,27,31)(H,28,30). The third-order valence-electron chi connectivity index (χ3n) is 6.33. The van der Waals surface area contributed by atoms with Crippen LogP contribution in [0.1, 0.15) is 66.4 Å². The Morgan fingerprint density at radius 2 is 1.71 bits per heavy atom. The largest absolute Gasteiger partial charge is 0.349 e. The summed E-state index contributed by atoms with van der Waals surface area (Å²) in [5, 5.41) is 5.92. The highest BCUT2D eigenvalue weighted by atomic mass is 32.2. The summed E-state index contributed by atoms with van der Waals surface area (Å²) in [5.41, 5.74) is 3.59. The van der Waals surface area contributed by atoms with Gasteiger partial charge in [0.05, 0.1) is 23.2 Å². The van der Waals surface area contributed by atoms with E-state index in [0.29, 0.717) is 23.4 Å². The Hall–Kier alpha value is -2.87. The smallest absolute Gasteiger partial charge is 0.253 e. The number of aryl methyl sites for hydroxylation is 2. The van der Waals surface area contributed by atoms with Crippen LogP contribution in [0.25, 0.3) is 0 Å². The fourth-order valence-corrected chi connectivity index (χ4v) is 5.22. The van der Waals surface area contributed by atoms with E-state index < -0.39 is 10.0 Å². The molecule has 2 aromatic rings. The molecule has 0 saturated heterocycles. The van der Waals surface area contributed by atoms with Crippen LogP contribution in [0.15, 0.2) is 42.5 Å². The van der Waals surface area contributed by atoms with E-state index in [9.17, 15) is 18.0 Å². The maximum atomic E-state index is 12.8. The number of carbonyl (C=O) groups is 2. The molecule has 0 bridgehead atoms. The zero-order valence-corrected chi connectivity index (χ0v) is 21.1. The number of benzene rings is 2. The predicted molar refractivity (Wildman–Crippen MR) is 137 cm³/mol. The molecule has 0 heterocycles. The average Bonchev–Trinajstić information content (AvgIpc) is 2.79. The molecule has 0 atom stereocenters. The van der Waals surface area contributed by atoms with Crippen LogP contribution in [-0.2, 0) is 14.8 Å². The van der Waals surface area contributed by atoms with Crippen molar-refractivity contribution in [3.8, 4) is 0 Å². The molecule has 1 aliphatic carbocycles.